The van der Waals surface area contributed by atoms with Crippen LogP contribution in [0.2, 0.25) is 0 Å². The number of phenolic OH excluding ortho intramolecular Hbond substituents is 3. The molecule has 0 saturated heterocycles. The smallest absolute Gasteiger partial charge is 0.325 e. The van der Waals surface area contributed by atoms with Gasteiger partial charge in [0, 0.05) is 48.4 Å². The number of aromatic hydroxyl groups is 3. The fraction of sp³-hybridized carbons (Fsp3) is 0.267. The van der Waals surface area contributed by atoms with Gasteiger partial charge in [-0.2, -0.15) is 25.3 Å². The molecule has 0 aliphatic rings. The van der Waals surface area contributed by atoms with Gasteiger partial charge in [-0.15, -0.1) is 0 Å². The van der Waals surface area contributed by atoms with Gasteiger partial charge in [-0.1, -0.05) is 0 Å². The molecule has 0 aliphatic heterocycles. The minimum atomic E-state index is -5.25. The second kappa shape index (κ2) is 18.2. The van der Waals surface area contributed by atoms with Gasteiger partial charge in [0.05, 0.1) is 14.7 Å². The SMILES string of the molecule is O=C(O)C(NCCNC(C(=O)O)c1cc(S(=O)(=O)O)cc(C(NCCNC(C(=O)O)c2cc(S(=O)(=O)O)ccc2O)C(=O)O)c1O)c1cc(S(=O)(=O)O)ccc1O. The molecule has 0 bridgehead atoms. The van der Waals surface area contributed by atoms with Crippen molar-refractivity contribution in [3.8, 4) is 17.2 Å². The first-order valence-corrected chi connectivity index (χ1v) is 19.9. The molecule has 0 saturated carbocycles. The lowest BCUT2D eigenvalue weighted by Crippen LogP contribution is -2.38. The van der Waals surface area contributed by atoms with Crippen molar-refractivity contribution in [2.45, 2.75) is 38.9 Å². The number of carboxylic acids is 4. The third kappa shape index (κ3) is 11.8. The van der Waals surface area contributed by atoms with E-state index in [1.807, 2.05) is 0 Å². The van der Waals surface area contributed by atoms with Crippen LogP contribution in [-0.4, -0.2) is 125 Å². The van der Waals surface area contributed by atoms with E-state index in [-0.39, 0.29) is 0 Å². The van der Waals surface area contributed by atoms with Gasteiger partial charge in [0.25, 0.3) is 30.4 Å². The molecule has 4 atom stereocenters. The number of nitrogens with one attached hydrogen (secondary N) is 4. The van der Waals surface area contributed by atoms with Crippen molar-refractivity contribution in [3.63, 3.8) is 0 Å². The van der Waals surface area contributed by atoms with Gasteiger partial charge in [0.2, 0.25) is 0 Å². The van der Waals surface area contributed by atoms with Crippen LogP contribution >= 0.6 is 0 Å². The van der Waals surface area contributed by atoms with Crippen molar-refractivity contribution in [2.24, 2.45) is 0 Å². The minimum absolute atomic E-state index is 0.497. The highest BCUT2D eigenvalue weighted by Gasteiger charge is 2.33. The Morgan fingerprint density at radius 3 is 0.930 bits per heavy atom. The molecule has 57 heavy (non-hydrogen) atoms. The van der Waals surface area contributed by atoms with Crippen LogP contribution in [0.1, 0.15) is 46.4 Å². The number of carbonyl (C=O) groups is 4. The summed E-state index contributed by atoms with van der Waals surface area (Å²) in [5.74, 6) is -9.51. The van der Waals surface area contributed by atoms with Crippen molar-refractivity contribution < 1.29 is 93.8 Å². The van der Waals surface area contributed by atoms with E-state index in [9.17, 15) is 93.8 Å². The van der Waals surface area contributed by atoms with Crippen LogP contribution in [0.4, 0.5) is 0 Å². The Morgan fingerprint density at radius 2 is 0.684 bits per heavy atom. The van der Waals surface area contributed by atoms with Gasteiger partial charge in [0.15, 0.2) is 0 Å². The highest BCUT2D eigenvalue weighted by molar-refractivity contribution is 7.86. The molecule has 24 nitrogen and oxygen atoms in total. The Labute approximate surface area is 321 Å². The zero-order chi connectivity index (χ0) is 43.2. The van der Waals surface area contributed by atoms with Gasteiger partial charge in [-0.3, -0.25) is 54.1 Å². The van der Waals surface area contributed by atoms with Crippen LogP contribution in [0.5, 0.6) is 17.2 Å². The lowest BCUT2D eigenvalue weighted by molar-refractivity contribution is -0.141. The predicted molar refractivity (Wildman–Crippen MR) is 187 cm³/mol. The van der Waals surface area contributed by atoms with Crippen molar-refractivity contribution in [1.82, 2.24) is 21.3 Å². The average Bonchev–Trinajstić information content (AvgIpc) is 3.07. The molecule has 0 spiro atoms. The number of hydrogen-bond acceptors (Lipinski definition) is 17. The summed E-state index contributed by atoms with van der Waals surface area (Å²) in [6, 6.07) is -2.44. The number of phenols is 3. The lowest BCUT2D eigenvalue weighted by atomic mass is 9.97. The third-order valence-corrected chi connectivity index (χ3v) is 10.4. The van der Waals surface area contributed by atoms with E-state index in [1.165, 1.54) is 0 Å². The first-order valence-electron chi connectivity index (χ1n) is 15.6. The van der Waals surface area contributed by atoms with Gasteiger partial charge < -0.3 is 35.7 Å². The van der Waals surface area contributed by atoms with Crippen LogP contribution in [0.25, 0.3) is 0 Å². The maximum absolute atomic E-state index is 12.3. The van der Waals surface area contributed by atoms with Gasteiger partial charge >= 0.3 is 23.9 Å². The summed E-state index contributed by atoms with van der Waals surface area (Å²) in [6.45, 7) is -2.07. The summed E-state index contributed by atoms with van der Waals surface area (Å²) in [5.41, 5.74) is -2.71. The van der Waals surface area contributed by atoms with Crippen LogP contribution in [-0.2, 0) is 49.5 Å². The maximum atomic E-state index is 12.3. The standard InChI is InChI=1S/C30H34N4O20S3/c35-20-3-1-13(55(46,47)48)9-16(20)22(27(38)39)31-5-7-33-24(29(42)43)18-11-15(57(52,53)54)12-19(26(18)37)25(30(44)45)34-8-6-32-23(28(40)41)17-10-14(56(49,50)51)2-4-21(17)36/h1-4,9-12,22-25,31-37H,5-8H2,(H,38,39)(H,40,41)(H,42,43)(H,44,45)(H,46,47,48)(H,49,50,51)(H,52,53,54). The highest BCUT2D eigenvalue weighted by Crippen LogP contribution is 2.36. The third-order valence-electron chi connectivity index (χ3n) is 7.91. The van der Waals surface area contributed by atoms with Crippen molar-refractivity contribution in [1.29, 1.82) is 0 Å². The van der Waals surface area contributed by atoms with E-state index in [0.717, 1.165) is 24.3 Å². The molecule has 4 unspecified atom stereocenters. The number of rotatable bonds is 21. The molecular weight excluding hydrogens is 833 g/mol. The fourth-order valence-electron chi connectivity index (χ4n) is 5.28. The Balaban J connectivity index is 1.89. The van der Waals surface area contributed by atoms with E-state index >= 15 is 0 Å². The van der Waals surface area contributed by atoms with Crippen molar-refractivity contribution >= 4 is 54.2 Å². The molecule has 14 N–H and O–H groups in total. The van der Waals surface area contributed by atoms with Crippen molar-refractivity contribution in [3.05, 3.63) is 70.8 Å². The lowest BCUT2D eigenvalue weighted by Gasteiger charge is -2.23. The van der Waals surface area contributed by atoms with Gasteiger partial charge in [-0.05, 0) is 48.5 Å². The number of aliphatic carboxylic acids is 4. The Kier molecular flexibility index (Phi) is 14.6. The minimum Gasteiger partial charge on any atom is -0.508 e. The summed E-state index contributed by atoms with van der Waals surface area (Å²) < 4.78 is 98.9. The first kappa shape index (κ1) is 45.9. The Morgan fingerprint density at radius 1 is 0.439 bits per heavy atom. The zero-order valence-electron chi connectivity index (χ0n) is 28.5. The first-order chi connectivity index (χ1) is 26.2. The molecular formula is C30H34N4O20S3. The van der Waals surface area contributed by atoms with Gasteiger partial charge in [-0.25, -0.2) is 0 Å². The molecule has 0 radical (unpaired) electrons. The molecule has 0 amide bonds. The second-order valence-corrected chi connectivity index (χ2v) is 16.0. The molecule has 0 aromatic heterocycles. The van der Waals surface area contributed by atoms with E-state index in [1.54, 1.807) is 0 Å². The second-order valence-electron chi connectivity index (χ2n) is 11.7. The quantitative estimate of drug-likeness (QED) is 0.0442. The van der Waals surface area contributed by atoms with Crippen LogP contribution in [0.15, 0.2) is 63.2 Å². The number of hydrogen-bond donors (Lipinski definition) is 14. The van der Waals surface area contributed by atoms with Crippen LogP contribution < -0.4 is 21.3 Å². The normalized spacial score (nSPS) is 14.3. The highest BCUT2D eigenvalue weighted by atomic mass is 32.2. The maximum Gasteiger partial charge on any atom is 0.325 e. The Bertz CT molecular complexity index is 2240. The summed E-state index contributed by atoms with van der Waals surface area (Å²) in [7, 11) is -14.9. The molecule has 312 valence electrons. The van der Waals surface area contributed by atoms with Crippen LogP contribution in [0, 0.1) is 0 Å². The molecule has 3 aromatic carbocycles. The zero-order valence-corrected chi connectivity index (χ0v) is 31.0. The number of carboxylic acid groups (broad SMARTS) is 4. The van der Waals surface area contributed by atoms with Crippen molar-refractivity contribution in [2.75, 3.05) is 26.2 Å². The van der Waals surface area contributed by atoms with E-state index in [2.05, 4.69) is 21.3 Å². The van der Waals surface area contributed by atoms with Crippen LogP contribution in [0.3, 0.4) is 0 Å². The summed E-state index contributed by atoms with van der Waals surface area (Å²) in [5, 5.41) is 80.2. The van der Waals surface area contributed by atoms with E-state index in [4.69, 9.17) is 0 Å². The van der Waals surface area contributed by atoms with Gasteiger partial charge in [0.1, 0.15) is 41.4 Å². The molecule has 3 aromatic rings. The molecule has 0 fully saturated rings. The topological polar surface area (TPSA) is 421 Å². The summed E-state index contributed by atoms with van der Waals surface area (Å²) >= 11 is 0. The Hall–Kier alpha value is -5.49. The molecule has 3 rings (SSSR count). The number of benzene rings is 3. The molecule has 0 heterocycles. The predicted octanol–water partition coefficient (Wildman–Crippen LogP) is -1.19. The van der Waals surface area contributed by atoms with E-state index in [0.29, 0.717) is 24.3 Å². The molecule has 0 aliphatic carbocycles. The average molecular weight is 867 g/mol. The summed E-state index contributed by atoms with van der Waals surface area (Å²) in [6.07, 6.45) is 0. The summed E-state index contributed by atoms with van der Waals surface area (Å²) in [4.78, 5) is 46.0. The fourth-order valence-corrected chi connectivity index (χ4v) is 6.86. The van der Waals surface area contributed by atoms with E-state index < -0.39 is 159 Å². The monoisotopic (exact) mass is 866 g/mol. The largest absolute Gasteiger partial charge is 0.508 e. The molecule has 27 heteroatoms.